The van der Waals surface area contributed by atoms with Crippen molar-refractivity contribution in [1.82, 2.24) is 4.90 Å². The van der Waals surface area contributed by atoms with Gasteiger partial charge in [-0.1, -0.05) is 27.4 Å². The summed E-state index contributed by atoms with van der Waals surface area (Å²) in [6.45, 7) is 12.8. The van der Waals surface area contributed by atoms with E-state index in [0.717, 1.165) is 5.70 Å². The van der Waals surface area contributed by atoms with Gasteiger partial charge in [0.15, 0.2) is 5.78 Å². The summed E-state index contributed by atoms with van der Waals surface area (Å²) in [5, 5.41) is 10.4. The van der Waals surface area contributed by atoms with Gasteiger partial charge in [-0.15, -0.1) is 0 Å². The molecule has 0 spiro atoms. The Morgan fingerprint density at radius 3 is 2.06 bits per heavy atom. The van der Waals surface area contributed by atoms with E-state index >= 15 is 0 Å². The molecule has 0 aromatic heterocycles. The first-order valence-electron chi connectivity index (χ1n) is 5.84. The summed E-state index contributed by atoms with van der Waals surface area (Å²) in [4.78, 5) is 14.2. The van der Waals surface area contributed by atoms with Crippen molar-refractivity contribution in [3.8, 4) is 0 Å². The van der Waals surface area contributed by atoms with Gasteiger partial charge in [0.1, 0.15) is 5.60 Å². The maximum absolute atomic E-state index is 12.1. The zero-order valence-electron chi connectivity index (χ0n) is 10.8. The molecule has 1 fully saturated rings. The Kier molecular flexibility index (Phi) is 3.48. The number of hydrogen-bond acceptors (Lipinski definition) is 3. The van der Waals surface area contributed by atoms with Crippen molar-refractivity contribution in [2.45, 2.75) is 46.1 Å². The van der Waals surface area contributed by atoms with Crippen LogP contribution in [0.5, 0.6) is 0 Å². The average molecular weight is 225 g/mol. The Bertz CT molecular complexity index is 294. The lowest BCUT2D eigenvalue weighted by atomic mass is 9.75. The zero-order valence-corrected chi connectivity index (χ0v) is 10.8. The first kappa shape index (κ1) is 13.2. The van der Waals surface area contributed by atoms with Gasteiger partial charge in [0.05, 0.1) is 0 Å². The second-order valence-electron chi connectivity index (χ2n) is 5.83. The van der Waals surface area contributed by atoms with Crippen LogP contribution in [0.25, 0.3) is 0 Å². The Morgan fingerprint density at radius 2 is 1.75 bits per heavy atom. The van der Waals surface area contributed by atoms with Crippen molar-refractivity contribution >= 4 is 5.78 Å². The Morgan fingerprint density at radius 1 is 1.31 bits per heavy atom. The van der Waals surface area contributed by atoms with E-state index in [1.807, 2.05) is 27.7 Å². The van der Waals surface area contributed by atoms with Crippen LogP contribution in [0.15, 0.2) is 12.3 Å². The summed E-state index contributed by atoms with van der Waals surface area (Å²) in [6.07, 6.45) is 1.02. The highest BCUT2D eigenvalue weighted by Gasteiger charge is 2.43. The van der Waals surface area contributed by atoms with Crippen LogP contribution in [0.4, 0.5) is 0 Å². The molecule has 1 aliphatic heterocycles. The van der Waals surface area contributed by atoms with E-state index in [0.29, 0.717) is 25.9 Å². The molecule has 0 aliphatic carbocycles. The monoisotopic (exact) mass is 225 g/mol. The van der Waals surface area contributed by atoms with Crippen molar-refractivity contribution in [3.05, 3.63) is 12.3 Å². The number of likely N-dealkylation sites (tertiary alicyclic amines) is 1. The van der Waals surface area contributed by atoms with E-state index in [1.165, 1.54) is 0 Å². The second kappa shape index (κ2) is 4.21. The summed E-state index contributed by atoms with van der Waals surface area (Å²) in [7, 11) is 0. The van der Waals surface area contributed by atoms with Crippen molar-refractivity contribution < 1.29 is 9.90 Å². The fourth-order valence-electron chi connectivity index (χ4n) is 2.18. The van der Waals surface area contributed by atoms with Crippen LogP contribution < -0.4 is 0 Å². The van der Waals surface area contributed by atoms with Crippen molar-refractivity contribution in [1.29, 1.82) is 0 Å². The summed E-state index contributed by atoms with van der Waals surface area (Å²) in [5.41, 5.74) is -0.602. The average Bonchev–Trinajstić information content (AvgIpc) is 2.16. The summed E-state index contributed by atoms with van der Waals surface area (Å²) in [5.74, 6) is -0.0404. The molecule has 0 aromatic rings. The predicted molar refractivity (Wildman–Crippen MR) is 65.0 cm³/mol. The van der Waals surface area contributed by atoms with Crippen molar-refractivity contribution in [2.75, 3.05) is 13.1 Å². The molecule has 0 atom stereocenters. The molecule has 1 aliphatic rings. The van der Waals surface area contributed by atoms with E-state index in [1.54, 1.807) is 0 Å². The molecule has 0 radical (unpaired) electrons. The lowest BCUT2D eigenvalue weighted by Crippen LogP contribution is -2.52. The van der Waals surface area contributed by atoms with Gasteiger partial charge in [0, 0.05) is 37.0 Å². The number of nitrogens with zero attached hydrogens (tertiary/aromatic N) is 1. The molecule has 16 heavy (non-hydrogen) atoms. The maximum Gasteiger partial charge on any atom is 0.169 e. The molecule has 1 heterocycles. The van der Waals surface area contributed by atoms with Crippen LogP contribution in [0.1, 0.15) is 40.5 Å². The number of carbonyl (C=O) groups is 1. The minimum absolute atomic E-state index is 0.0404. The fraction of sp³-hybridized carbons (Fsp3) is 0.769. The highest BCUT2D eigenvalue weighted by molar-refractivity contribution is 5.91. The SMILES string of the molecule is C=C(C)N1CCC(O)(C(=O)C(C)(C)C)CC1. The molecule has 3 heteroatoms. The Hall–Kier alpha value is -0.830. The van der Waals surface area contributed by atoms with E-state index in [4.69, 9.17) is 0 Å². The summed E-state index contributed by atoms with van der Waals surface area (Å²) in [6, 6.07) is 0. The first-order valence-corrected chi connectivity index (χ1v) is 5.84. The number of hydrogen-bond donors (Lipinski definition) is 1. The van der Waals surface area contributed by atoms with Crippen molar-refractivity contribution in [2.24, 2.45) is 5.41 Å². The normalized spacial score (nSPS) is 20.7. The van der Waals surface area contributed by atoms with Gasteiger partial charge >= 0.3 is 0 Å². The standard InChI is InChI=1S/C13H23NO2/c1-10(2)14-8-6-13(16,7-9-14)11(15)12(3,4)5/h16H,1,6-9H2,2-5H3. The third kappa shape index (κ3) is 2.64. The van der Waals surface area contributed by atoms with E-state index < -0.39 is 11.0 Å². The molecular weight excluding hydrogens is 202 g/mol. The number of ketones is 1. The molecule has 0 unspecified atom stereocenters. The van der Waals surface area contributed by atoms with Crippen LogP contribution in [-0.2, 0) is 4.79 Å². The number of carbonyl (C=O) groups excluding carboxylic acids is 1. The highest BCUT2D eigenvalue weighted by Crippen LogP contribution is 2.31. The molecule has 3 nitrogen and oxygen atoms in total. The number of Topliss-reactive ketones (excluding diaryl/α,β-unsaturated/α-hetero) is 1. The summed E-state index contributed by atoms with van der Waals surface area (Å²) >= 11 is 0. The van der Waals surface area contributed by atoms with Gasteiger partial charge in [0.25, 0.3) is 0 Å². The topological polar surface area (TPSA) is 40.5 Å². The molecular formula is C13H23NO2. The van der Waals surface area contributed by atoms with Crippen LogP contribution >= 0.6 is 0 Å². The van der Waals surface area contributed by atoms with E-state index in [2.05, 4.69) is 11.5 Å². The quantitative estimate of drug-likeness (QED) is 0.781. The predicted octanol–water partition coefficient (Wildman–Crippen LogP) is 1.96. The van der Waals surface area contributed by atoms with Crippen LogP contribution in [0.3, 0.4) is 0 Å². The van der Waals surface area contributed by atoms with Crippen molar-refractivity contribution in [3.63, 3.8) is 0 Å². The highest BCUT2D eigenvalue weighted by atomic mass is 16.3. The van der Waals surface area contributed by atoms with Gasteiger partial charge in [-0.2, -0.15) is 0 Å². The second-order valence-corrected chi connectivity index (χ2v) is 5.83. The molecule has 0 saturated carbocycles. The van der Waals surface area contributed by atoms with Gasteiger partial charge in [-0.25, -0.2) is 0 Å². The third-order valence-corrected chi connectivity index (χ3v) is 3.23. The molecule has 1 saturated heterocycles. The molecule has 1 N–H and O–H groups in total. The Labute approximate surface area is 98.1 Å². The minimum atomic E-state index is -1.13. The lowest BCUT2D eigenvalue weighted by molar-refractivity contribution is -0.150. The zero-order chi connectivity index (χ0) is 12.6. The number of rotatable bonds is 2. The molecule has 0 bridgehead atoms. The van der Waals surface area contributed by atoms with Crippen LogP contribution in [-0.4, -0.2) is 34.5 Å². The smallest absolute Gasteiger partial charge is 0.169 e. The summed E-state index contributed by atoms with van der Waals surface area (Å²) < 4.78 is 0. The largest absolute Gasteiger partial charge is 0.382 e. The van der Waals surface area contributed by atoms with Gasteiger partial charge < -0.3 is 10.0 Å². The van der Waals surface area contributed by atoms with E-state index in [9.17, 15) is 9.90 Å². The number of aliphatic hydroxyl groups is 1. The van der Waals surface area contributed by atoms with E-state index in [-0.39, 0.29) is 5.78 Å². The van der Waals surface area contributed by atoms with Crippen LogP contribution in [0, 0.1) is 5.41 Å². The molecule has 0 aromatic carbocycles. The van der Waals surface area contributed by atoms with Crippen LogP contribution in [0.2, 0.25) is 0 Å². The third-order valence-electron chi connectivity index (χ3n) is 3.23. The number of piperidine rings is 1. The molecule has 1 rings (SSSR count). The Balaban J connectivity index is 2.70. The minimum Gasteiger partial charge on any atom is -0.382 e. The first-order chi connectivity index (χ1) is 7.17. The van der Waals surface area contributed by atoms with Gasteiger partial charge in [0.2, 0.25) is 0 Å². The fourth-order valence-corrected chi connectivity index (χ4v) is 2.18. The number of allylic oxidation sites excluding steroid dienone is 1. The van der Waals surface area contributed by atoms with Gasteiger partial charge in [-0.05, 0) is 6.92 Å². The van der Waals surface area contributed by atoms with Gasteiger partial charge in [-0.3, -0.25) is 4.79 Å². The maximum atomic E-state index is 12.1. The lowest BCUT2D eigenvalue weighted by Gasteiger charge is -2.41. The molecule has 0 amide bonds. The molecule has 92 valence electrons.